The Morgan fingerprint density at radius 1 is 0.903 bits per heavy atom. The van der Waals surface area contributed by atoms with Crippen molar-refractivity contribution in [3.63, 3.8) is 0 Å². The van der Waals surface area contributed by atoms with Gasteiger partial charge in [0, 0.05) is 67.1 Å². The first-order chi connectivity index (χ1) is 14.8. The third-order valence-corrected chi connectivity index (χ3v) is 7.78. The summed E-state index contributed by atoms with van der Waals surface area (Å²) in [6.45, 7) is 9.80. The van der Waals surface area contributed by atoms with Crippen LogP contribution in [0.5, 0.6) is 0 Å². The van der Waals surface area contributed by atoms with E-state index in [2.05, 4.69) is 58.7 Å². The highest BCUT2D eigenvalue weighted by atomic mass is 16.2. The van der Waals surface area contributed by atoms with E-state index in [1.807, 2.05) is 30.6 Å². The van der Waals surface area contributed by atoms with Gasteiger partial charge < -0.3 is 4.90 Å². The van der Waals surface area contributed by atoms with E-state index in [0.717, 1.165) is 56.7 Å². The van der Waals surface area contributed by atoms with E-state index in [1.165, 1.54) is 6.42 Å². The zero-order valence-electron chi connectivity index (χ0n) is 19.1. The summed E-state index contributed by atoms with van der Waals surface area (Å²) in [7, 11) is 0. The Bertz CT molecular complexity index is 946. The largest absolute Gasteiger partial charge is 0.326 e. The summed E-state index contributed by atoms with van der Waals surface area (Å²) in [5, 5.41) is 0. The summed E-state index contributed by atoms with van der Waals surface area (Å²) in [5.74, 6) is 0.347. The van der Waals surface area contributed by atoms with Crippen molar-refractivity contribution in [1.29, 1.82) is 0 Å². The molecule has 2 saturated heterocycles. The molecule has 2 aromatic rings. The van der Waals surface area contributed by atoms with Gasteiger partial charge in [0.2, 0.25) is 5.91 Å². The number of nitrogens with zero attached hydrogens (tertiary/aromatic N) is 4. The molecule has 164 valence electrons. The number of rotatable bonds is 6. The average Bonchev–Trinajstić information content (AvgIpc) is 2.73. The zero-order chi connectivity index (χ0) is 21.7. The van der Waals surface area contributed by atoms with Crippen molar-refractivity contribution in [2.45, 2.75) is 59.0 Å². The molecule has 31 heavy (non-hydrogen) atoms. The van der Waals surface area contributed by atoms with Gasteiger partial charge >= 0.3 is 0 Å². The Morgan fingerprint density at radius 2 is 1.55 bits per heavy atom. The van der Waals surface area contributed by atoms with Crippen molar-refractivity contribution in [3.05, 3.63) is 60.2 Å². The summed E-state index contributed by atoms with van der Waals surface area (Å²) < 4.78 is 0. The molecule has 4 atom stereocenters. The maximum Gasteiger partial charge on any atom is 0.229 e. The van der Waals surface area contributed by atoms with Crippen LogP contribution in [-0.4, -0.2) is 51.5 Å². The lowest BCUT2D eigenvalue weighted by Crippen LogP contribution is -2.74. The lowest BCUT2D eigenvalue weighted by atomic mass is 9.48. The maximum atomic E-state index is 13.8. The molecular formula is C26H34N4O. The molecule has 1 amide bonds. The third-order valence-electron chi connectivity index (χ3n) is 7.78. The van der Waals surface area contributed by atoms with Gasteiger partial charge in [-0.25, -0.2) is 0 Å². The number of aromatic nitrogens is 2. The molecule has 5 heteroatoms. The highest BCUT2D eigenvalue weighted by molar-refractivity contribution is 5.84. The molecule has 2 aliphatic heterocycles. The second-order valence-corrected chi connectivity index (χ2v) is 11.0. The Balaban J connectivity index is 1.44. The topological polar surface area (TPSA) is 49.3 Å². The van der Waals surface area contributed by atoms with Crippen LogP contribution in [0.1, 0.15) is 51.4 Å². The standard InChI is InChI=1S/C26H34N4O/c1-24-16-25(2)18-26(3,17-24)23(31)30(15-11-21-9-5-7-13-28-21)22(25)29(19-24)14-10-20-8-4-6-12-27-20/h4-9,12-13,22H,10-11,14-19H2,1-3H3. The average molecular weight is 419 g/mol. The number of hydrogen-bond acceptors (Lipinski definition) is 4. The van der Waals surface area contributed by atoms with Gasteiger partial charge in [0.1, 0.15) is 0 Å². The molecule has 3 fully saturated rings. The summed E-state index contributed by atoms with van der Waals surface area (Å²) in [6, 6.07) is 12.2. The minimum absolute atomic E-state index is 0.127. The molecule has 5 rings (SSSR count). The normalized spacial score (nSPS) is 34.9. The molecular weight excluding hydrogens is 384 g/mol. The fourth-order valence-corrected chi connectivity index (χ4v) is 7.50. The van der Waals surface area contributed by atoms with E-state index < -0.39 is 0 Å². The second-order valence-electron chi connectivity index (χ2n) is 11.0. The summed E-state index contributed by atoms with van der Waals surface area (Å²) in [4.78, 5) is 27.7. The number of pyridine rings is 2. The first-order valence-electron chi connectivity index (χ1n) is 11.7. The van der Waals surface area contributed by atoms with E-state index >= 15 is 0 Å². The van der Waals surface area contributed by atoms with Crippen LogP contribution in [0, 0.1) is 16.2 Å². The molecule has 3 aliphatic rings. The molecule has 4 unspecified atom stereocenters. The van der Waals surface area contributed by atoms with Gasteiger partial charge in [0.25, 0.3) is 0 Å². The number of hydrogen-bond donors (Lipinski definition) is 0. The van der Waals surface area contributed by atoms with Crippen LogP contribution < -0.4 is 0 Å². The molecule has 5 nitrogen and oxygen atoms in total. The molecule has 2 aromatic heterocycles. The van der Waals surface area contributed by atoms with Gasteiger partial charge in [0.05, 0.1) is 6.17 Å². The molecule has 0 N–H and O–H groups in total. The highest BCUT2D eigenvalue weighted by Crippen LogP contribution is 2.63. The first kappa shape index (κ1) is 20.6. The Morgan fingerprint density at radius 3 is 2.16 bits per heavy atom. The van der Waals surface area contributed by atoms with Crippen LogP contribution in [0.3, 0.4) is 0 Å². The third kappa shape index (κ3) is 3.67. The quantitative estimate of drug-likeness (QED) is 0.713. The predicted octanol–water partition coefficient (Wildman–Crippen LogP) is 3.95. The molecule has 3 bridgehead atoms. The number of carbonyl (C=O) groups is 1. The van der Waals surface area contributed by atoms with Crippen molar-refractivity contribution in [3.8, 4) is 0 Å². The van der Waals surface area contributed by atoms with Crippen LogP contribution >= 0.6 is 0 Å². The number of piperidine rings is 2. The highest BCUT2D eigenvalue weighted by Gasteiger charge is 2.65. The van der Waals surface area contributed by atoms with E-state index in [-0.39, 0.29) is 22.4 Å². The van der Waals surface area contributed by atoms with Gasteiger partial charge in [-0.15, -0.1) is 0 Å². The van der Waals surface area contributed by atoms with Crippen molar-refractivity contribution in [1.82, 2.24) is 19.8 Å². The van der Waals surface area contributed by atoms with Crippen LogP contribution in [0.2, 0.25) is 0 Å². The minimum atomic E-state index is -0.241. The molecule has 1 saturated carbocycles. The minimum Gasteiger partial charge on any atom is -0.326 e. The van der Waals surface area contributed by atoms with Crippen LogP contribution in [0.4, 0.5) is 0 Å². The van der Waals surface area contributed by atoms with Gasteiger partial charge in [-0.3, -0.25) is 19.7 Å². The summed E-state index contributed by atoms with van der Waals surface area (Å²) in [6.07, 6.45) is 8.79. The fraction of sp³-hybridized carbons (Fsp3) is 0.577. The van der Waals surface area contributed by atoms with Crippen molar-refractivity contribution >= 4 is 5.91 Å². The lowest BCUT2D eigenvalue weighted by Gasteiger charge is -2.68. The van der Waals surface area contributed by atoms with Crippen molar-refractivity contribution < 1.29 is 4.79 Å². The Kier molecular flexibility index (Phi) is 4.93. The van der Waals surface area contributed by atoms with Crippen LogP contribution in [-0.2, 0) is 17.6 Å². The summed E-state index contributed by atoms with van der Waals surface area (Å²) >= 11 is 0. The smallest absolute Gasteiger partial charge is 0.229 e. The lowest BCUT2D eigenvalue weighted by molar-refractivity contribution is -0.220. The molecule has 0 aromatic carbocycles. The maximum absolute atomic E-state index is 13.8. The summed E-state index contributed by atoms with van der Waals surface area (Å²) in [5.41, 5.74) is 2.27. The van der Waals surface area contributed by atoms with Crippen LogP contribution in [0.25, 0.3) is 0 Å². The first-order valence-corrected chi connectivity index (χ1v) is 11.7. The second kappa shape index (κ2) is 7.40. The molecule has 1 aliphatic carbocycles. The monoisotopic (exact) mass is 418 g/mol. The van der Waals surface area contributed by atoms with Crippen molar-refractivity contribution in [2.75, 3.05) is 19.6 Å². The van der Waals surface area contributed by atoms with Gasteiger partial charge in [-0.2, -0.15) is 0 Å². The van der Waals surface area contributed by atoms with Crippen LogP contribution in [0.15, 0.2) is 48.8 Å². The number of fused-ring (bicyclic) bond motifs is 2. The van der Waals surface area contributed by atoms with E-state index in [9.17, 15) is 4.79 Å². The number of likely N-dealkylation sites (tertiary alicyclic amines) is 2. The molecule has 0 spiro atoms. The van der Waals surface area contributed by atoms with Crippen molar-refractivity contribution in [2.24, 2.45) is 16.2 Å². The van der Waals surface area contributed by atoms with Gasteiger partial charge in [-0.1, -0.05) is 32.9 Å². The van der Waals surface area contributed by atoms with E-state index in [4.69, 9.17) is 0 Å². The van der Waals surface area contributed by atoms with Gasteiger partial charge in [0.15, 0.2) is 0 Å². The van der Waals surface area contributed by atoms with E-state index in [1.54, 1.807) is 0 Å². The Labute approximate surface area is 185 Å². The zero-order valence-corrected chi connectivity index (χ0v) is 19.1. The molecule has 4 heterocycles. The fourth-order valence-electron chi connectivity index (χ4n) is 7.50. The SMILES string of the molecule is CC12CN(CCc3ccccn3)C3N(CCc4ccccn4)C(=O)C(C)(C1)CC3(C)C2. The van der Waals surface area contributed by atoms with Gasteiger partial charge in [-0.05, 0) is 48.9 Å². The Hall–Kier alpha value is -2.27. The number of amides is 1. The number of carbonyl (C=O) groups excluding carboxylic acids is 1. The molecule has 0 radical (unpaired) electrons. The van der Waals surface area contributed by atoms with E-state index in [0.29, 0.717) is 5.91 Å². The predicted molar refractivity (Wildman–Crippen MR) is 121 cm³/mol.